The molecule has 0 bridgehead atoms. The highest BCUT2D eigenvalue weighted by Crippen LogP contribution is 2.30. The Morgan fingerprint density at radius 3 is 2.38 bits per heavy atom. The Kier molecular flexibility index (Phi) is 2.94. The summed E-state index contributed by atoms with van der Waals surface area (Å²) < 4.78 is 9.81. The van der Waals surface area contributed by atoms with Gasteiger partial charge in [-0.1, -0.05) is 0 Å². The summed E-state index contributed by atoms with van der Waals surface area (Å²) in [6, 6.07) is 0. The van der Waals surface area contributed by atoms with E-state index in [1.54, 1.807) is 6.92 Å². The minimum absolute atomic E-state index is 0.614. The fourth-order valence-electron chi connectivity index (χ4n) is 1.65. The molecule has 1 aliphatic heterocycles. The summed E-state index contributed by atoms with van der Waals surface area (Å²) in [6.07, 6.45) is -3.82. The summed E-state index contributed by atoms with van der Waals surface area (Å²) in [5.74, 6) is 0. The lowest BCUT2D eigenvalue weighted by Crippen LogP contribution is -2.64. The molecule has 0 aromatic rings. The van der Waals surface area contributed by atoms with Crippen molar-refractivity contribution < 1.29 is 24.8 Å². The highest BCUT2D eigenvalue weighted by molar-refractivity contribution is 4.98. The SMILES string of the molecule is COC1C(O)OC(C)C(O)C1(C)O. The third-order valence-corrected chi connectivity index (χ3v) is 2.49. The number of rotatable bonds is 1. The van der Waals surface area contributed by atoms with Gasteiger partial charge >= 0.3 is 0 Å². The Morgan fingerprint density at radius 1 is 1.38 bits per heavy atom. The lowest BCUT2D eigenvalue weighted by atomic mass is 9.86. The number of hydrogen-bond acceptors (Lipinski definition) is 5. The molecular weight excluding hydrogens is 176 g/mol. The first-order valence-corrected chi connectivity index (χ1v) is 4.18. The van der Waals surface area contributed by atoms with Gasteiger partial charge in [-0.05, 0) is 13.8 Å². The smallest absolute Gasteiger partial charge is 0.184 e. The Hall–Kier alpha value is -0.200. The lowest BCUT2D eigenvalue weighted by Gasteiger charge is -2.45. The van der Waals surface area contributed by atoms with Gasteiger partial charge in [-0.2, -0.15) is 0 Å². The van der Waals surface area contributed by atoms with E-state index in [4.69, 9.17) is 9.47 Å². The van der Waals surface area contributed by atoms with Gasteiger partial charge < -0.3 is 24.8 Å². The molecule has 3 N–H and O–H groups in total. The largest absolute Gasteiger partial charge is 0.387 e. The van der Waals surface area contributed by atoms with Gasteiger partial charge in [-0.3, -0.25) is 0 Å². The molecular formula is C8H16O5. The average Bonchev–Trinajstić information content (AvgIpc) is 2.01. The van der Waals surface area contributed by atoms with Crippen LogP contribution in [0.25, 0.3) is 0 Å². The predicted molar refractivity (Wildman–Crippen MR) is 44.0 cm³/mol. The molecule has 1 saturated heterocycles. The number of aliphatic hydroxyl groups is 3. The molecule has 5 nitrogen and oxygen atoms in total. The number of hydrogen-bond donors (Lipinski definition) is 3. The summed E-state index contributed by atoms with van der Waals surface area (Å²) in [7, 11) is 1.34. The van der Waals surface area contributed by atoms with E-state index in [0.29, 0.717) is 0 Å². The van der Waals surface area contributed by atoms with Crippen molar-refractivity contribution in [2.75, 3.05) is 7.11 Å². The van der Waals surface area contributed by atoms with Gasteiger partial charge in [0.05, 0.1) is 6.10 Å². The standard InChI is InChI=1S/C8H16O5/c1-4-5(9)8(2,11)6(12-3)7(10)13-4/h4-7,9-11H,1-3H3. The van der Waals surface area contributed by atoms with Crippen molar-refractivity contribution in [1.29, 1.82) is 0 Å². The maximum atomic E-state index is 9.83. The summed E-state index contributed by atoms with van der Waals surface area (Å²) in [4.78, 5) is 0. The van der Waals surface area contributed by atoms with Crippen molar-refractivity contribution in [3.8, 4) is 0 Å². The molecule has 0 radical (unpaired) electrons. The van der Waals surface area contributed by atoms with Gasteiger partial charge in [0.2, 0.25) is 0 Å². The van der Waals surface area contributed by atoms with Crippen molar-refractivity contribution >= 4 is 0 Å². The van der Waals surface area contributed by atoms with Crippen molar-refractivity contribution in [3.05, 3.63) is 0 Å². The molecule has 1 rings (SSSR count). The molecule has 5 atom stereocenters. The van der Waals surface area contributed by atoms with Gasteiger partial charge in [0, 0.05) is 7.11 Å². The molecule has 13 heavy (non-hydrogen) atoms. The van der Waals surface area contributed by atoms with E-state index in [1.807, 2.05) is 0 Å². The first-order valence-electron chi connectivity index (χ1n) is 4.18. The molecule has 1 heterocycles. The van der Waals surface area contributed by atoms with Gasteiger partial charge in [0.1, 0.15) is 17.8 Å². The Morgan fingerprint density at radius 2 is 1.92 bits per heavy atom. The summed E-state index contributed by atoms with van der Waals surface area (Å²) in [6.45, 7) is 2.99. The number of ether oxygens (including phenoxy) is 2. The zero-order valence-electron chi connectivity index (χ0n) is 7.97. The van der Waals surface area contributed by atoms with Crippen LogP contribution >= 0.6 is 0 Å². The topological polar surface area (TPSA) is 79.2 Å². The second-order valence-electron chi connectivity index (χ2n) is 3.56. The molecule has 5 heteroatoms. The summed E-state index contributed by atoms with van der Waals surface area (Å²) in [5.41, 5.74) is -1.49. The molecule has 0 aromatic carbocycles. The van der Waals surface area contributed by atoms with Crippen LogP contribution in [-0.4, -0.2) is 52.6 Å². The predicted octanol–water partition coefficient (Wildman–Crippen LogP) is -1.15. The molecule has 78 valence electrons. The number of aliphatic hydroxyl groups excluding tert-OH is 2. The van der Waals surface area contributed by atoms with Crippen LogP contribution in [-0.2, 0) is 9.47 Å². The molecule has 0 saturated carbocycles. The highest BCUT2D eigenvalue weighted by atomic mass is 16.7. The Balaban J connectivity index is 2.85. The van der Waals surface area contributed by atoms with Crippen LogP contribution in [0.15, 0.2) is 0 Å². The van der Waals surface area contributed by atoms with Crippen LogP contribution < -0.4 is 0 Å². The molecule has 0 aliphatic carbocycles. The fourth-order valence-corrected chi connectivity index (χ4v) is 1.65. The van der Waals surface area contributed by atoms with Gasteiger partial charge in [0.25, 0.3) is 0 Å². The lowest BCUT2D eigenvalue weighted by molar-refractivity contribution is -0.314. The monoisotopic (exact) mass is 192 g/mol. The van der Waals surface area contributed by atoms with Crippen molar-refractivity contribution in [2.24, 2.45) is 0 Å². The van der Waals surface area contributed by atoms with E-state index in [2.05, 4.69) is 0 Å². The molecule has 0 aromatic heterocycles. The van der Waals surface area contributed by atoms with Crippen molar-refractivity contribution in [3.63, 3.8) is 0 Å². The van der Waals surface area contributed by atoms with Crippen molar-refractivity contribution in [2.45, 2.75) is 44.1 Å². The summed E-state index contributed by atoms with van der Waals surface area (Å²) in [5, 5.41) is 28.8. The highest BCUT2D eigenvalue weighted by Gasteiger charge is 2.51. The third kappa shape index (κ3) is 1.70. The maximum absolute atomic E-state index is 9.83. The summed E-state index contributed by atoms with van der Waals surface area (Å²) >= 11 is 0. The maximum Gasteiger partial charge on any atom is 0.184 e. The van der Waals surface area contributed by atoms with Crippen LogP contribution in [0.1, 0.15) is 13.8 Å². The van der Waals surface area contributed by atoms with E-state index in [1.165, 1.54) is 14.0 Å². The van der Waals surface area contributed by atoms with Crippen LogP contribution in [0.3, 0.4) is 0 Å². The Bertz CT molecular complexity index is 181. The zero-order chi connectivity index (χ0) is 10.2. The molecule has 0 amide bonds. The first kappa shape index (κ1) is 10.9. The van der Waals surface area contributed by atoms with E-state index in [-0.39, 0.29) is 0 Å². The second-order valence-corrected chi connectivity index (χ2v) is 3.56. The molecule has 1 aliphatic rings. The third-order valence-electron chi connectivity index (χ3n) is 2.49. The van der Waals surface area contributed by atoms with Gasteiger partial charge in [-0.15, -0.1) is 0 Å². The van der Waals surface area contributed by atoms with Crippen LogP contribution in [0, 0.1) is 0 Å². The van der Waals surface area contributed by atoms with E-state index < -0.39 is 30.2 Å². The van der Waals surface area contributed by atoms with Crippen LogP contribution in [0.2, 0.25) is 0 Å². The average molecular weight is 192 g/mol. The number of methoxy groups -OCH3 is 1. The first-order chi connectivity index (χ1) is 5.91. The molecule has 0 spiro atoms. The molecule has 1 fully saturated rings. The van der Waals surface area contributed by atoms with Crippen LogP contribution in [0.4, 0.5) is 0 Å². The van der Waals surface area contributed by atoms with E-state index in [9.17, 15) is 15.3 Å². The molecule has 5 unspecified atom stereocenters. The normalized spacial score (nSPS) is 52.2. The van der Waals surface area contributed by atoms with Gasteiger partial charge in [0.15, 0.2) is 6.29 Å². The van der Waals surface area contributed by atoms with Crippen LogP contribution in [0.5, 0.6) is 0 Å². The second kappa shape index (κ2) is 3.51. The zero-order valence-corrected chi connectivity index (χ0v) is 7.97. The fraction of sp³-hybridized carbons (Fsp3) is 1.00. The van der Waals surface area contributed by atoms with Crippen molar-refractivity contribution in [1.82, 2.24) is 0 Å². The minimum Gasteiger partial charge on any atom is -0.387 e. The van der Waals surface area contributed by atoms with E-state index in [0.717, 1.165) is 0 Å². The van der Waals surface area contributed by atoms with Gasteiger partial charge in [-0.25, -0.2) is 0 Å². The van der Waals surface area contributed by atoms with E-state index >= 15 is 0 Å². The minimum atomic E-state index is -1.49. The quantitative estimate of drug-likeness (QED) is 0.489. The Labute approximate surface area is 76.9 Å².